The number of piperidine rings is 1. The van der Waals surface area contributed by atoms with Gasteiger partial charge < -0.3 is 36.4 Å². The van der Waals surface area contributed by atoms with Gasteiger partial charge in [-0.2, -0.15) is 0 Å². The summed E-state index contributed by atoms with van der Waals surface area (Å²) >= 11 is 0. The van der Waals surface area contributed by atoms with E-state index in [2.05, 4.69) is 16.0 Å². The molecule has 2 rings (SSSR count). The van der Waals surface area contributed by atoms with E-state index in [1.165, 1.54) is 0 Å². The average Bonchev–Trinajstić information content (AvgIpc) is 2.54. The second kappa shape index (κ2) is 7.03. The molecule has 0 radical (unpaired) electrons. The molecule has 122 valence electrons. The predicted molar refractivity (Wildman–Crippen MR) is 79.3 cm³/mol. The number of β-amino-alcohol motifs (C(OH)–C–C–N with tert-alkyl or cyclic N) is 1. The highest BCUT2D eigenvalue weighted by molar-refractivity contribution is 5.89. The number of rotatable bonds is 4. The van der Waals surface area contributed by atoms with Crippen LogP contribution in [0.4, 0.5) is 10.5 Å². The normalized spacial score (nSPS) is 31.5. The van der Waals surface area contributed by atoms with E-state index in [9.17, 15) is 25.2 Å². The van der Waals surface area contributed by atoms with Crippen LogP contribution in [0.25, 0.3) is 0 Å². The molecule has 2 amide bonds. The summed E-state index contributed by atoms with van der Waals surface area (Å²) in [7, 11) is 0. The maximum atomic E-state index is 11.8. The third kappa shape index (κ3) is 3.54. The summed E-state index contributed by atoms with van der Waals surface area (Å²) < 4.78 is 0. The SMILES string of the molecule is O=C(NCC1(CO)NCC(O)C(O)C1O)Nc1ccccc1. The molecule has 1 aromatic rings. The molecule has 4 atom stereocenters. The topological polar surface area (TPSA) is 134 Å². The molecule has 0 aliphatic carbocycles. The molecule has 8 heteroatoms. The standard InChI is InChI=1S/C14H21N3O5/c18-8-14(12(21)11(20)10(19)6-16-14)7-15-13(22)17-9-4-2-1-3-5-9/h1-5,10-12,16,18-21H,6-8H2,(H2,15,17,22). The molecule has 1 saturated heterocycles. The van der Waals surface area contributed by atoms with Gasteiger partial charge in [0.05, 0.1) is 18.2 Å². The summed E-state index contributed by atoms with van der Waals surface area (Å²) in [6.45, 7) is -0.628. The number of carbonyl (C=O) groups is 1. The first kappa shape index (κ1) is 16.7. The number of nitrogens with one attached hydrogen (secondary N) is 3. The highest BCUT2D eigenvalue weighted by atomic mass is 16.4. The Bertz CT molecular complexity index is 501. The Morgan fingerprint density at radius 2 is 1.95 bits per heavy atom. The molecule has 1 heterocycles. The van der Waals surface area contributed by atoms with E-state index in [1.807, 2.05) is 6.07 Å². The number of anilines is 1. The van der Waals surface area contributed by atoms with Gasteiger partial charge in [-0.3, -0.25) is 0 Å². The number of hydrogen-bond donors (Lipinski definition) is 7. The highest BCUT2D eigenvalue weighted by Crippen LogP contribution is 2.20. The lowest BCUT2D eigenvalue weighted by atomic mass is 9.83. The van der Waals surface area contributed by atoms with Crippen LogP contribution in [-0.4, -0.2) is 70.0 Å². The molecule has 0 saturated carbocycles. The quantitative estimate of drug-likeness (QED) is 0.352. The van der Waals surface area contributed by atoms with Crippen molar-refractivity contribution < 1.29 is 25.2 Å². The van der Waals surface area contributed by atoms with Gasteiger partial charge in [-0.25, -0.2) is 4.79 Å². The van der Waals surface area contributed by atoms with Crippen molar-refractivity contribution in [2.45, 2.75) is 23.9 Å². The molecule has 0 bridgehead atoms. The Morgan fingerprint density at radius 3 is 2.59 bits per heavy atom. The number of amides is 2. The zero-order valence-electron chi connectivity index (χ0n) is 11.9. The maximum absolute atomic E-state index is 11.8. The van der Waals surface area contributed by atoms with Gasteiger partial charge in [0.2, 0.25) is 0 Å². The first-order chi connectivity index (χ1) is 10.5. The van der Waals surface area contributed by atoms with Crippen molar-refractivity contribution in [2.24, 2.45) is 0 Å². The van der Waals surface area contributed by atoms with Gasteiger partial charge in [-0.1, -0.05) is 18.2 Å². The number of benzene rings is 1. The zero-order chi connectivity index (χ0) is 16.2. The van der Waals surface area contributed by atoms with Gasteiger partial charge in [-0.05, 0) is 12.1 Å². The first-order valence-corrected chi connectivity index (χ1v) is 6.98. The molecule has 1 aliphatic rings. The lowest BCUT2D eigenvalue weighted by Gasteiger charge is -2.45. The summed E-state index contributed by atoms with van der Waals surface area (Å²) in [5.74, 6) is 0. The van der Waals surface area contributed by atoms with Crippen molar-refractivity contribution >= 4 is 11.7 Å². The number of hydrogen-bond acceptors (Lipinski definition) is 6. The van der Waals surface area contributed by atoms with E-state index in [0.29, 0.717) is 5.69 Å². The Kier molecular flexibility index (Phi) is 5.33. The van der Waals surface area contributed by atoms with Gasteiger partial charge in [0.25, 0.3) is 0 Å². The summed E-state index contributed by atoms with van der Waals surface area (Å²) in [6, 6.07) is 8.29. The Labute approximate surface area is 127 Å². The minimum absolute atomic E-state index is 0.000765. The van der Waals surface area contributed by atoms with Gasteiger partial charge in [-0.15, -0.1) is 0 Å². The summed E-state index contributed by atoms with van der Waals surface area (Å²) in [5, 5.41) is 46.7. The minimum atomic E-state index is -1.42. The lowest BCUT2D eigenvalue weighted by molar-refractivity contribution is -0.131. The van der Waals surface area contributed by atoms with Crippen LogP contribution in [0.5, 0.6) is 0 Å². The van der Waals surface area contributed by atoms with Crippen LogP contribution in [0.2, 0.25) is 0 Å². The first-order valence-electron chi connectivity index (χ1n) is 6.98. The summed E-state index contributed by atoms with van der Waals surface area (Å²) in [6.07, 6.45) is -3.95. The molecular formula is C14H21N3O5. The van der Waals surface area contributed by atoms with Gasteiger partial charge in [0.1, 0.15) is 12.2 Å². The van der Waals surface area contributed by atoms with Crippen molar-refractivity contribution in [2.75, 3.05) is 25.0 Å². The molecule has 0 aromatic heterocycles. The van der Waals surface area contributed by atoms with Crippen molar-refractivity contribution in [3.05, 3.63) is 30.3 Å². The van der Waals surface area contributed by atoms with E-state index in [1.54, 1.807) is 24.3 Å². The number of carbonyl (C=O) groups excluding carboxylic acids is 1. The molecule has 8 nitrogen and oxygen atoms in total. The van der Waals surface area contributed by atoms with Crippen LogP contribution in [0.15, 0.2) is 30.3 Å². The smallest absolute Gasteiger partial charge is 0.319 e. The van der Waals surface area contributed by atoms with Crippen LogP contribution >= 0.6 is 0 Å². The number of urea groups is 1. The van der Waals surface area contributed by atoms with E-state index in [0.717, 1.165) is 0 Å². The predicted octanol–water partition coefficient (Wildman–Crippen LogP) is -1.77. The lowest BCUT2D eigenvalue weighted by Crippen LogP contribution is -2.73. The van der Waals surface area contributed by atoms with E-state index < -0.39 is 36.5 Å². The second-order valence-corrected chi connectivity index (χ2v) is 5.37. The monoisotopic (exact) mass is 311 g/mol. The minimum Gasteiger partial charge on any atom is -0.394 e. The number of aliphatic hydroxyl groups is 4. The molecule has 22 heavy (non-hydrogen) atoms. The largest absolute Gasteiger partial charge is 0.394 e. The molecule has 0 spiro atoms. The Hall–Kier alpha value is -1.71. The molecule has 1 aliphatic heterocycles. The molecule has 1 fully saturated rings. The third-order valence-corrected chi connectivity index (χ3v) is 3.83. The highest BCUT2D eigenvalue weighted by Gasteiger charge is 2.47. The second-order valence-electron chi connectivity index (χ2n) is 5.37. The fourth-order valence-electron chi connectivity index (χ4n) is 2.38. The molecular weight excluding hydrogens is 290 g/mol. The zero-order valence-corrected chi connectivity index (χ0v) is 11.9. The Balaban J connectivity index is 1.94. The fraction of sp³-hybridized carbons (Fsp3) is 0.500. The van der Waals surface area contributed by atoms with Crippen molar-refractivity contribution in [1.29, 1.82) is 0 Å². The Morgan fingerprint density at radius 1 is 1.27 bits per heavy atom. The van der Waals surface area contributed by atoms with E-state index in [4.69, 9.17) is 0 Å². The van der Waals surface area contributed by atoms with Crippen LogP contribution in [0, 0.1) is 0 Å². The van der Waals surface area contributed by atoms with E-state index >= 15 is 0 Å². The van der Waals surface area contributed by atoms with Crippen LogP contribution in [0.3, 0.4) is 0 Å². The van der Waals surface area contributed by atoms with Crippen LogP contribution in [-0.2, 0) is 0 Å². The van der Waals surface area contributed by atoms with Crippen LogP contribution < -0.4 is 16.0 Å². The average molecular weight is 311 g/mol. The van der Waals surface area contributed by atoms with E-state index in [-0.39, 0.29) is 13.1 Å². The fourth-order valence-corrected chi connectivity index (χ4v) is 2.38. The molecule has 4 unspecified atom stereocenters. The molecule has 1 aromatic carbocycles. The van der Waals surface area contributed by atoms with Gasteiger partial charge >= 0.3 is 6.03 Å². The maximum Gasteiger partial charge on any atom is 0.319 e. The number of aliphatic hydroxyl groups excluding tert-OH is 4. The van der Waals surface area contributed by atoms with Crippen molar-refractivity contribution in [3.8, 4) is 0 Å². The summed E-state index contributed by atoms with van der Waals surface area (Å²) in [4.78, 5) is 11.8. The van der Waals surface area contributed by atoms with Crippen molar-refractivity contribution in [1.82, 2.24) is 10.6 Å². The van der Waals surface area contributed by atoms with Gasteiger partial charge in [0, 0.05) is 18.8 Å². The molecule has 7 N–H and O–H groups in total. The summed E-state index contributed by atoms with van der Waals surface area (Å²) in [5.41, 5.74) is -0.710. The van der Waals surface area contributed by atoms with Gasteiger partial charge in [0.15, 0.2) is 0 Å². The number of para-hydroxylation sites is 1. The van der Waals surface area contributed by atoms with Crippen molar-refractivity contribution in [3.63, 3.8) is 0 Å². The van der Waals surface area contributed by atoms with Crippen LogP contribution in [0.1, 0.15) is 0 Å². The third-order valence-electron chi connectivity index (χ3n) is 3.83.